The lowest BCUT2D eigenvalue weighted by atomic mass is 9.99. The zero-order valence-electron chi connectivity index (χ0n) is 20.6. The molecular formula is C33H26N3. The molecule has 3 heteroatoms. The number of para-hydroxylation sites is 1. The molecule has 7 aromatic rings. The number of nitrogens with zero attached hydrogens (tertiary/aromatic N) is 2. The number of aromatic nitrogens is 2. The van der Waals surface area contributed by atoms with Crippen molar-refractivity contribution in [2.75, 3.05) is 19.0 Å². The summed E-state index contributed by atoms with van der Waals surface area (Å²) in [5, 5.41) is 4.98. The lowest BCUT2D eigenvalue weighted by molar-refractivity contribution is 1.12. The van der Waals surface area contributed by atoms with Gasteiger partial charge in [0.25, 0.3) is 0 Å². The summed E-state index contributed by atoms with van der Waals surface area (Å²) >= 11 is 0. The molecule has 0 unspecified atom stereocenters. The Bertz CT molecular complexity index is 1920. The van der Waals surface area contributed by atoms with E-state index in [0.717, 1.165) is 11.2 Å². The van der Waals surface area contributed by atoms with Gasteiger partial charge < -0.3 is 14.5 Å². The maximum Gasteiger partial charge on any atom is 0.0619 e. The van der Waals surface area contributed by atoms with Crippen LogP contribution in [0.25, 0.3) is 60.4 Å². The summed E-state index contributed by atoms with van der Waals surface area (Å²) in [6.45, 7) is 2.16. The minimum Gasteiger partial charge on any atom is -0.378 e. The van der Waals surface area contributed by atoms with Gasteiger partial charge in [-0.25, -0.2) is 0 Å². The van der Waals surface area contributed by atoms with Crippen LogP contribution < -0.4 is 4.90 Å². The second-order valence-corrected chi connectivity index (χ2v) is 9.83. The predicted molar refractivity (Wildman–Crippen MR) is 153 cm³/mol. The lowest BCUT2D eigenvalue weighted by Crippen LogP contribution is -2.08. The number of H-pyrrole nitrogens is 1. The third-order valence-corrected chi connectivity index (χ3v) is 7.31. The second kappa shape index (κ2) is 7.76. The SMILES string of the molecule is Cc1ccc2c(c1)c1c[c]cc(-c3ccc4[nH]c5ccccc5c4c3)c1n2-c1ccc(N(C)C)cc1. The van der Waals surface area contributed by atoms with Crippen LogP contribution in [0.2, 0.25) is 0 Å². The van der Waals surface area contributed by atoms with Crippen molar-refractivity contribution in [2.24, 2.45) is 0 Å². The maximum absolute atomic E-state index is 3.56. The number of aryl methyl sites for hydroxylation is 1. The van der Waals surface area contributed by atoms with Crippen LogP contribution in [0.15, 0.2) is 97.1 Å². The van der Waals surface area contributed by atoms with Crippen LogP contribution in [-0.2, 0) is 0 Å². The normalized spacial score (nSPS) is 11.8. The zero-order chi connectivity index (χ0) is 24.4. The van der Waals surface area contributed by atoms with Gasteiger partial charge in [0.1, 0.15) is 0 Å². The molecule has 0 saturated heterocycles. The van der Waals surface area contributed by atoms with Crippen molar-refractivity contribution in [1.29, 1.82) is 0 Å². The van der Waals surface area contributed by atoms with Crippen molar-refractivity contribution in [1.82, 2.24) is 9.55 Å². The van der Waals surface area contributed by atoms with Crippen LogP contribution in [0.4, 0.5) is 5.69 Å². The Balaban J connectivity index is 1.56. The third-order valence-electron chi connectivity index (χ3n) is 7.31. The van der Waals surface area contributed by atoms with E-state index in [2.05, 4.69) is 139 Å². The molecule has 173 valence electrons. The largest absolute Gasteiger partial charge is 0.378 e. The van der Waals surface area contributed by atoms with Gasteiger partial charge in [0.15, 0.2) is 0 Å². The summed E-state index contributed by atoms with van der Waals surface area (Å²) in [7, 11) is 4.15. The highest BCUT2D eigenvalue weighted by Crippen LogP contribution is 2.39. The summed E-state index contributed by atoms with van der Waals surface area (Å²) in [4.78, 5) is 5.69. The van der Waals surface area contributed by atoms with E-state index in [-0.39, 0.29) is 0 Å². The average Bonchev–Trinajstić information content (AvgIpc) is 3.43. The van der Waals surface area contributed by atoms with Crippen molar-refractivity contribution in [3.8, 4) is 16.8 Å². The quantitative estimate of drug-likeness (QED) is 0.280. The van der Waals surface area contributed by atoms with Crippen molar-refractivity contribution in [2.45, 2.75) is 6.92 Å². The van der Waals surface area contributed by atoms with Crippen LogP contribution >= 0.6 is 0 Å². The van der Waals surface area contributed by atoms with Gasteiger partial charge >= 0.3 is 0 Å². The predicted octanol–water partition coefficient (Wildman–Crippen LogP) is 8.26. The summed E-state index contributed by atoms with van der Waals surface area (Å²) in [5.41, 5.74) is 10.7. The summed E-state index contributed by atoms with van der Waals surface area (Å²) < 4.78 is 2.41. The second-order valence-electron chi connectivity index (χ2n) is 9.83. The monoisotopic (exact) mass is 464 g/mol. The van der Waals surface area contributed by atoms with Crippen LogP contribution in [0.3, 0.4) is 0 Å². The Morgan fingerprint density at radius 1 is 0.722 bits per heavy atom. The van der Waals surface area contributed by atoms with Gasteiger partial charge in [-0.05, 0) is 85.3 Å². The summed E-state index contributed by atoms with van der Waals surface area (Å²) in [6, 6.07) is 38.5. The summed E-state index contributed by atoms with van der Waals surface area (Å²) in [5.74, 6) is 0. The highest BCUT2D eigenvalue weighted by Gasteiger charge is 2.17. The van der Waals surface area contributed by atoms with E-state index in [1.54, 1.807) is 0 Å². The van der Waals surface area contributed by atoms with Crippen LogP contribution in [0.1, 0.15) is 5.56 Å². The fraction of sp³-hybridized carbons (Fsp3) is 0.0909. The van der Waals surface area contributed by atoms with Gasteiger partial charge in [-0.3, -0.25) is 0 Å². The van der Waals surface area contributed by atoms with Crippen molar-refractivity contribution >= 4 is 49.3 Å². The molecule has 3 nitrogen and oxygen atoms in total. The molecule has 0 aliphatic carbocycles. The molecule has 0 atom stereocenters. The summed E-state index contributed by atoms with van der Waals surface area (Å²) in [6.07, 6.45) is 0. The minimum atomic E-state index is 1.16. The molecule has 1 N–H and O–H groups in total. The smallest absolute Gasteiger partial charge is 0.0619 e. The third kappa shape index (κ3) is 3.06. The molecule has 0 fully saturated rings. The zero-order valence-corrected chi connectivity index (χ0v) is 20.6. The highest BCUT2D eigenvalue weighted by molar-refractivity contribution is 6.15. The Hall–Kier alpha value is -4.50. The minimum absolute atomic E-state index is 1.16. The number of fused-ring (bicyclic) bond motifs is 6. The van der Waals surface area contributed by atoms with E-state index in [0.29, 0.717) is 0 Å². The fourth-order valence-electron chi connectivity index (χ4n) is 5.52. The molecule has 1 radical (unpaired) electrons. The number of hydrogen-bond donors (Lipinski definition) is 1. The molecule has 2 heterocycles. The van der Waals surface area contributed by atoms with E-state index in [9.17, 15) is 0 Å². The van der Waals surface area contributed by atoms with Gasteiger partial charge in [0.2, 0.25) is 0 Å². The molecule has 5 aromatic carbocycles. The molecule has 0 bridgehead atoms. The number of rotatable bonds is 3. The average molecular weight is 465 g/mol. The molecule has 7 rings (SSSR count). The number of aromatic amines is 1. The molecule has 0 saturated carbocycles. The van der Waals surface area contributed by atoms with Gasteiger partial charge in [0.05, 0.1) is 11.0 Å². The van der Waals surface area contributed by atoms with Gasteiger partial charge in [-0.2, -0.15) is 0 Å². The molecular weight excluding hydrogens is 438 g/mol. The first-order valence-electron chi connectivity index (χ1n) is 12.3. The first-order valence-corrected chi connectivity index (χ1v) is 12.3. The molecule has 2 aromatic heterocycles. The lowest BCUT2D eigenvalue weighted by Gasteiger charge is -2.15. The van der Waals surface area contributed by atoms with E-state index in [4.69, 9.17) is 0 Å². The molecule has 0 aliphatic rings. The van der Waals surface area contributed by atoms with E-state index in [1.807, 2.05) is 0 Å². The number of benzene rings is 5. The van der Waals surface area contributed by atoms with Crippen molar-refractivity contribution < 1.29 is 0 Å². The molecule has 36 heavy (non-hydrogen) atoms. The Labute approximate surface area is 210 Å². The van der Waals surface area contributed by atoms with Gasteiger partial charge in [-0.15, -0.1) is 0 Å². The van der Waals surface area contributed by atoms with Crippen LogP contribution in [-0.4, -0.2) is 23.6 Å². The van der Waals surface area contributed by atoms with E-state index >= 15 is 0 Å². The van der Waals surface area contributed by atoms with Crippen molar-refractivity contribution in [3.05, 3.63) is 109 Å². The topological polar surface area (TPSA) is 24.0 Å². The Kier molecular flexibility index (Phi) is 4.49. The maximum atomic E-state index is 3.56. The van der Waals surface area contributed by atoms with E-state index in [1.165, 1.54) is 60.5 Å². The van der Waals surface area contributed by atoms with Gasteiger partial charge in [0, 0.05) is 63.6 Å². The Morgan fingerprint density at radius 3 is 2.36 bits per heavy atom. The number of anilines is 1. The first-order chi connectivity index (χ1) is 17.6. The van der Waals surface area contributed by atoms with Crippen molar-refractivity contribution in [3.63, 3.8) is 0 Å². The molecule has 0 aliphatic heterocycles. The van der Waals surface area contributed by atoms with Gasteiger partial charge in [-0.1, -0.05) is 35.9 Å². The highest BCUT2D eigenvalue weighted by atomic mass is 15.1. The van der Waals surface area contributed by atoms with E-state index < -0.39 is 0 Å². The van der Waals surface area contributed by atoms with Crippen LogP contribution in [0.5, 0.6) is 0 Å². The Morgan fingerprint density at radius 2 is 1.53 bits per heavy atom. The molecule has 0 amide bonds. The van der Waals surface area contributed by atoms with Crippen LogP contribution in [0, 0.1) is 13.0 Å². The standard InChI is InChI=1S/C33H26N3/c1-21-11-18-32-29(19-21)27-9-6-8-25(33(27)36(32)24-15-13-23(14-16-24)35(2)3)22-12-17-31-28(20-22)26-7-4-5-10-30(26)34-31/h4-5,7-20,34H,1-3H3. The number of nitrogens with one attached hydrogen (secondary N) is 1. The molecule has 0 spiro atoms. The number of hydrogen-bond acceptors (Lipinski definition) is 1. The first kappa shape index (κ1) is 20.8. The fourth-order valence-corrected chi connectivity index (χ4v) is 5.52.